The summed E-state index contributed by atoms with van der Waals surface area (Å²) in [5.41, 5.74) is 5.92. The summed E-state index contributed by atoms with van der Waals surface area (Å²) in [5, 5.41) is 17.1. The molecule has 6 nitrogen and oxygen atoms in total. The van der Waals surface area contributed by atoms with Crippen molar-refractivity contribution in [3.05, 3.63) is 18.2 Å². The van der Waals surface area contributed by atoms with Gasteiger partial charge in [0.15, 0.2) is 0 Å². The van der Waals surface area contributed by atoms with Crippen molar-refractivity contribution in [2.45, 2.75) is 24.3 Å². The highest BCUT2D eigenvalue weighted by Crippen LogP contribution is 2.25. The van der Waals surface area contributed by atoms with Gasteiger partial charge in [-0.15, -0.1) is 0 Å². The van der Waals surface area contributed by atoms with Gasteiger partial charge in [0.1, 0.15) is 0 Å². The van der Waals surface area contributed by atoms with E-state index in [1.807, 2.05) is 0 Å². The van der Waals surface area contributed by atoms with Gasteiger partial charge in [-0.2, -0.15) is 0 Å². The Labute approximate surface area is 101 Å². The van der Waals surface area contributed by atoms with Gasteiger partial charge in [-0.05, 0) is 32.0 Å². The van der Waals surface area contributed by atoms with E-state index in [9.17, 15) is 8.42 Å². The number of primary sulfonamides is 1. The van der Waals surface area contributed by atoms with Crippen molar-refractivity contribution in [3.63, 3.8) is 0 Å². The molecule has 0 heterocycles. The molecule has 0 fully saturated rings. The number of nitrogens with one attached hydrogen (secondary N) is 1. The molecule has 0 amide bonds. The molecule has 17 heavy (non-hydrogen) atoms. The zero-order valence-corrected chi connectivity index (χ0v) is 10.6. The fourth-order valence-electron chi connectivity index (χ4n) is 1.22. The van der Waals surface area contributed by atoms with Crippen LogP contribution in [0.3, 0.4) is 0 Å². The highest BCUT2D eigenvalue weighted by molar-refractivity contribution is 7.89. The van der Waals surface area contributed by atoms with Crippen LogP contribution in [0.4, 0.5) is 11.4 Å². The largest absolute Gasteiger partial charge is 0.397 e. The highest BCUT2D eigenvalue weighted by atomic mass is 32.2. The number of benzene rings is 1. The van der Waals surface area contributed by atoms with Crippen molar-refractivity contribution in [1.82, 2.24) is 0 Å². The van der Waals surface area contributed by atoms with Crippen LogP contribution in [0.2, 0.25) is 0 Å². The third-order valence-electron chi connectivity index (χ3n) is 2.22. The van der Waals surface area contributed by atoms with E-state index in [1.165, 1.54) is 18.2 Å². The lowest BCUT2D eigenvalue weighted by atomic mass is 10.1. The van der Waals surface area contributed by atoms with Crippen molar-refractivity contribution in [3.8, 4) is 0 Å². The van der Waals surface area contributed by atoms with Gasteiger partial charge in [0.2, 0.25) is 10.0 Å². The second-order valence-electron chi connectivity index (χ2n) is 4.46. The van der Waals surface area contributed by atoms with E-state index in [0.717, 1.165) is 0 Å². The maximum absolute atomic E-state index is 11.2. The zero-order chi connectivity index (χ0) is 13.3. The lowest BCUT2D eigenvalue weighted by Crippen LogP contribution is -2.35. The van der Waals surface area contributed by atoms with Crippen LogP contribution in [0.15, 0.2) is 23.1 Å². The number of hydrogen-bond acceptors (Lipinski definition) is 5. The molecule has 0 unspecified atom stereocenters. The minimum absolute atomic E-state index is 0.0251. The van der Waals surface area contributed by atoms with Crippen LogP contribution in [0.5, 0.6) is 0 Å². The minimum atomic E-state index is -3.76. The van der Waals surface area contributed by atoms with Crippen LogP contribution in [0, 0.1) is 0 Å². The van der Waals surface area contributed by atoms with Crippen LogP contribution < -0.4 is 16.2 Å². The Balaban J connectivity index is 3.17. The minimum Gasteiger partial charge on any atom is -0.397 e. The Kier molecular flexibility index (Phi) is 3.65. The van der Waals surface area contributed by atoms with Gasteiger partial charge in [0.25, 0.3) is 0 Å². The van der Waals surface area contributed by atoms with Crippen LogP contribution in [0.1, 0.15) is 13.8 Å². The lowest BCUT2D eigenvalue weighted by molar-refractivity contribution is 0.234. The molecule has 0 aliphatic rings. The van der Waals surface area contributed by atoms with Crippen LogP contribution in [-0.4, -0.2) is 25.7 Å². The number of nitrogen functional groups attached to an aromatic ring is 1. The average molecular weight is 259 g/mol. The third-order valence-corrected chi connectivity index (χ3v) is 3.13. The lowest BCUT2D eigenvalue weighted by Gasteiger charge is -2.26. The van der Waals surface area contributed by atoms with Crippen molar-refractivity contribution in [1.29, 1.82) is 0 Å². The van der Waals surface area contributed by atoms with E-state index in [4.69, 9.17) is 16.0 Å². The SMILES string of the molecule is CC(C)(CO)Nc1cc(S(N)(=O)=O)ccc1N. The summed E-state index contributed by atoms with van der Waals surface area (Å²) in [5.74, 6) is 0. The van der Waals surface area contributed by atoms with E-state index in [0.29, 0.717) is 11.4 Å². The average Bonchev–Trinajstić information content (AvgIpc) is 2.19. The molecule has 0 radical (unpaired) electrons. The van der Waals surface area contributed by atoms with Crippen molar-refractivity contribution in [2.24, 2.45) is 5.14 Å². The van der Waals surface area contributed by atoms with Crippen LogP contribution >= 0.6 is 0 Å². The molecule has 0 aliphatic carbocycles. The van der Waals surface area contributed by atoms with Gasteiger partial charge in [-0.3, -0.25) is 0 Å². The van der Waals surface area contributed by atoms with Crippen molar-refractivity contribution in [2.75, 3.05) is 17.7 Å². The van der Waals surface area contributed by atoms with Gasteiger partial charge < -0.3 is 16.2 Å². The Morgan fingerprint density at radius 3 is 2.47 bits per heavy atom. The topological polar surface area (TPSA) is 118 Å². The predicted molar refractivity (Wildman–Crippen MR) is 67.0 cm³/mol. The van der Waals surface area contributed by atoms with E-state index in [1.54, 1.807) is 13.8 Å². The molecular formula is C10H17N3O3S. The summed E-state index contributed by atoms with van der Waals surface area (Å²) in [4.78, 5) is -0.0251. The van der Waals surface area contributed by atoms with Gasteiger partial charge >= 0.3 is 0 Å². The molecule has 0 saturated heterocycles. The number of sulfonamides is 1. The van der Waals surface area contributed by atoms with E-state index in [2.05, 4.69) is 5.32 Å². The van der Waals surface area contributed by atoms with E-state index in [-0.39, 0.29) is 11.5 Å². The number of aliphatic hydroxyl groups is 1. The number of rotatable bonds is 4. The summed E-state index contributed by atoms with van der Waals surface area (Å²) in [6.45, 7) is 3.40. The normalized spacial score (nSPS) is 12.5. The second kappa shape index (κ2) is 4.52. The Morgan fingerprint density at radius 1 is 1.41 bits per heavy atom. The smallest absolute Gasteiger partial charge is 0.238 e. The van der Waals surface area contributed by atoms with E-state index < -0.39 is 15.6 Å². The van der Waals surface area contributed by atoms with Crippen LogP contribution in [-0.2, 0) is 10.0 Å². The zero-order valence-electron chi connectivity index (χ0n) is 9.77. The summed E-state index contributed by atoms with van der Waals surface area (Å²) < 4.78 is 22.4. The fourth-order valence-corrected chi connectivity index (χ4v) is 1.76. The van der Waals surface area contributed by atoms with Gasteiger partial charge in [0.05, 0.1) is 28.4 Å². The van der Waals surface area contributed by atoms with Crippen LogP contribution in [0.25, 0.3) is 0 Å². The summed E-state index contributed by atoms with van der Waals surface area (Å²) in [6, 6.07) is 4.14. The summed E-state index contributed by atoms with van der Waals surface area (Å²) in [7, 11) is -3.76. The number of nitrogens with two attached hydrogens (primary N) is 2. The molecule has 1 rings (SSSR count). The first-order chi connectivity index (χ1) is 7.65. The maximum Gasteiger partial charge on any atom is 0.238 e. The second-order valence-corrected chi connectivity index (χ2v) is 6.02. The first-order valence-electron chi connectivity index (χ1n) is 4.97. The summed E-state index contributed by atoms with van der Waals surface area (Å²) in [6.07, 6.45) is 0. The third kappa shape index (κ3) is 3.58. The van der Waals surface area contributed by atoms with Gasteiger partial charge in [0, 0.05) is 0 Å². The molecule has 6 N–H and O–H groups in total. The number of aliphatic hydroxyl groups excluding tert-OH is 1. The number of hydrogen-bond donors (Lipinski definition) is 4. The first-order valence-corrected chi connectivity index (χ1v) is 6.52. The quantitative estimate of drug-likeness (QED) is 0.572. The molecule has 1 aromatic rings. The standard InChI is InChI=1S/C10H17N3O3S/c1-10(2,6-14)13-9-5-7(17(12,15)16)3-4-8(9)11/h3-5,13-14H,6,11H2,1-2H3,(H2,12,15,16). The first kappa shape index (κ1) is 13.8. The van der Waals surface area contributed by atoms with Crippen molar-refractivity contribution >= 4 is 21.4 Å². The predicted octanol–water partition coefficient (Wildman–Crippen LogP) is 0.0990. The molecule has 0 aromatic heterocycles. The number of anilines is 2. The molecular weight excluding hydrogens is 242 g/mol. The van der Waals surface area contributed by atoms with Gasteiger partial charge in [-0.25, -0.2) is 13.6 Å². The summed E-state index contributed by atoms with van der Waals surface area (Å²) >= 11 is 0. The highest BCUT2D eigenvalue weighted by Gasteiger charge is 2.18. The van der Waals surface area contributed by atoms with Gasteiger partial charge in [-0.1, -0.05) is 0 Å². The molecule has 96 valence electrons. The Morgan fingerprint density at radius 2 is 2.00 bits per heavy atom. The Hall–Kier alpha value is -1.31. The monoisotopic (exact) mass is 259 g/mol. The molecule has 0 atom stereocenters. The molecule has 0 bridgehead atoms. The molecule has 0 spiro atoms. The molecule has 1 aromatic carbocycles. The molecule has 0 saturated carbocycles. The fraction of sp³-hybridized carbons (Fsp3) is 0.400. The molecule has 7 heteroatoms. The molecule has 0 aliphatic heterocycles. The Bertz CT molecular complexity index is 512. The van der Waals surface area contributed by atoms with Crippen molar-refractivity contribution < 1.29 is 13.5 Å². The maximum atomic E-state index is 11.2. The van der Waals surface area contributed by atoms with E-state index >= 15 is 0 Å².